The highest BCUT2D eigenvalue weighted by Crippen LogP contribution is 2.34. The van der Waals surface area contributed by atoms with E-state index in [1.54, 1.807) is 16.4 Å². The van der Waals surface area contributed by atoms with Gasteiger partial charge in [-0.15, -0.1) is 0 Å². The van der Waals surface area contributed by atoms with Gasteiger partial charge in [0, 0.05) is 23.8 Å². The van der Waals surface area contributed by atoms with Crippen LogP contribution in [0.4, 0.5) is 5.69 Å². The van der Waals surface area contributed by atoms with Crippen molar-refractivity contribution < 1.29 is 17.9 Å². The first-order valence-corrected chi connectivity index (χ1v) is 11.9. The van der Waals surface area contributed by atoms with E-state index in [1.165, 1.54) is 31.4 Å². The summed E-state index contributed by atoms with van der Waals surface area (Å²) in [4.78, 5) is 12.8. The molecule has 1 aliphatic heterocycles. The normalized spacial score (nSPS) is 17.5. The van der Waals surface area contributed by atoms with Crippen LogP contribution in [0, 0.1) is 0 Å². The molecule has 2 aromatic carbocycles. The molecule has 3 rings (SSSR count). The molecule has 6 nitrogen and oxygen atoms in total. The minimum Gasteiger partial charge on any atom is -0.494 e. The molecule has 30 heavy (non-hydrogen) atoms. The Balaban J connectivity index is 1.77. The van der Waals surface area contributed by atoms with Gasteiger partial charge in [-0.2, -0.15) is 4.31 Å². The number of benzene rings is 2. The third kappa shape index (κ3) is 4.75. The number of piperidine rings is 1. The molecule has 2 aromatic rings. The second-order valence-corrected chi connectivity index (χ2v) is 9.83. The average molecular weight is 471 g/mol. The van der Waals surface area contributed by atoms with Crippen LogP contribution in [0.2, 0.25) is 10.0 Å². The van der Waals surface area contributed by atoms with Crippen molar-refractivity contribution in [2.24, 2.45) is 0 Å². The topological polar surface area (TPSA) is 75.7 Å². The Hall–Kier alpha value is -1.80. The fourth-order valence-electron chi connectivity index (χ4n) is 3.63. The van der Waals surface area contributed by atoms with Gasteiger partial charge in [-0.05, 0) is 55.7 Å². The molecule has 0 bridgehead atoms. The third-order valence-corrected chi connectivity index (χ3v) is 7.76. The molecule has 0 unspecified atom stereocenters. The highest BCUT2D eigenvalue weighted by atomic mass is 35.5. The van der Waals surface area contributed by atoms with E-state index in [4.69, 9.17) is 27.9 Å². The summed E-state index contributed by atoms with van der Waals surface area (Å²) in [6.07, 6.45) is 3.60. The van der Waals surface area contributed by atoms with Gasteiger partial charge in [0.2, 0.25) is 10.0 Å². The molecule has 1 atom stereocenters. The zero-order chi connectivity index (χ0) is 21.9. The number of nitrogens with one attached hydrogen (secondary N) is 1. The van der Waals surface area contributed by atoms with Crippen LogP contribution in [-0.4, -0.2) is 38.3 Å². The molecule has 9 heteroatoms. The Kier molecular flexibility index (Phi) is 7.29. The van der Waals surface area contributed by atoms with Gasteiger partial charge in [0.1, 0.15) is 0 Å². The van der Waals surface area contributed by atoms with Crippen LogP contribution in [0.15, 0.2) is 41.3 Å². The summed E-state index contributed by atoms with van der Waals surface area (Å²) in [5.74, 6) is -0.119. The maximum atomic E-state index is 13.0. The first-order chi connectivity index (χ1) is 14.3. The Morgan fingerprint density at radius 2 is 1.80 bits per heavy atom. The molecular formula is C21H24Cl2N2O4S. The largest absolute Gasteiger partial charge is 0.494 e. The van der Waals surface area contributed by atoms with Crippen LogP contribution < -0.4 is 10.1 Å². The third-order valence-electron chi connectivity index (χ3n) is 5.23. The number of carbonyl (C=O) groups excluding carboxylic acids is 1. The number of halogens is 2. The van der Waals surface area contributed by atoms with E-state index in [9.17, 15) is 13.2 Å². The molecule has 0 aliphatic carbocycles. The van der Waals surface area contributed by atoms with E-state index in [0.717, 1.165) is 25.7 Å². The summed E-state index contributed by atoms with van der Waals surface area (Å²) >= 11 is 12.2. The van der Waals surface area contributed by atoms with Gasteiger partial charge in [0.25, 0.3) is 5.91 Å². The van der Waals surface area contributed by atoms with Gasteiger partial charge in [-0.1, -0.05) is 36.5 Å². The lowest BCUT2D eigenvalue weighted by molar-refractivity contribution is 0.102. The molecule has 1 N–H and O–H groups in total. The van der Waals surface area contributed by atoms with Crippen LogP contribution in [-0.2, 0) is 10.0 Å². The molecule has 1 aliphatic rings. The van der Waals surface area contributed by atoms with Crippen molar-refractivity contribution in [1.29, 1.82) is 0 Å². The summed E-state index contributed by atoms with van der Waals surface area (Å²) in [5.41, 5.74) is 0.731. The van der Waals surface area contributed by atoms with Crippen LogP contribution >= 0.6 is 23.2 Å². The van der Waals surface area contributed by atoms with Gasteiger partial charge < -0.3 is 10.1 Å². The number of carbonyl (C=O) groups is 1. The molecule has 0 radical (unpaired) electrons. The van der Waals surface area contributed by atoms with Crippen LogP contribution in [0.1, 0.15) is 43.0 Å². The molecule has 1 heterocycles. The molecule has 1 fully saturated rings. The minimum atomic E-state index is -3.57. The zero-order valence-corrected chi connectivity index (χ0v) is 19.1. The first-order valence-electron chi connectivity index (χ1n) is 9.74. The second-order valence-electron chi connectivity index (χ2n) is 7.13. The summed E-state index contributed by atoms with van der Waals surface area (Å²) in [6, 6.07) is 9.13. The Labute approximate surface area is 187 Å². The Morgan fingerprint density at radius 1 is 1.17 bits per heavy atom. The number of rotatable bonds is 6. The lowest BCUT2D eigenvalue weighted by atomic mass is 10.0. The summed E-state index contributed by atoms with van der Waals surface area (Å²) < 4.78 is 32.8. The number of methoxy groups -OCH3 is 1. The van der Waals surface area contributed by atoms with Gasteiger partial charge in [-0.25, -0.2) is 8.42 Å². The number of amides is 1. The fourth-order valence-corrected chi connectivity index (χ4v) is 6.04. The van der Waals surface area contributed by atoms with Gasteiger partial charge in [0.15, 0.2) is 5.75 Å². The molecule has 0 saturated carbocycles. The van der Waals surface area contributed by atoms with E-state index in [-0.39, 0.29) is 26.5 Å². The number of hydrogen-bond acceptors (Lipinski definition) is 4. The van der Waals surface area contributed by atoms with E-state index in [1.807, 2.05) is 6.92 Å². The summed E-state index contributed by atoms with van der Waals surface area (Å²) in [7, 11) is -2.13. The highest BCUT2D eigenvalue weighted by Gasteiger charge is 2.32. The summed E-state index contributed by atoms with van der Waals surface area (Å²) in [5, 5.41) is 3.17. The van der Waals surface area contributed by atoms with Crippen molar-refractivity contribution in [3.63, 3.8) is 0 Å². The van der Waals surface area contributed by atoms with E-state index >= 15 is 0 Å². The van der Waals surface area contributed by atoms with Crippen molar-refractivity contribution >= 4 is 44.8 Å². The van der Waals surface area contributed by atoms with Crippen LogP contribution in [0.3, 0.4) is 0 Å². The smallest absolute Gasteiger partial charge is 0.255 e. The number of ether oxygens (including phenoxy) is 1. The number of nitrogens with zero attached hydrogens (tertiary/aromatic N) is 1. The molecule has 0 spiro atoms. The Bertz CT molecular complexity index is 1000. The maximum absolute atomic E-state index is 13.0. The molecular weight excluding hydrogens is 447 g/mol. The summed E-state index contributed by atoms with van der Waals surface area (Å²) in [6.45, 7) is 2.55. The van der Waals surface area contributed by atoms with Gasteiger partial charge >= 0.3 is 0 Å². The Morgan fingerprint density at radius 3 is 2.37 bits per heavy atom. The quantitative estimate of drug-likeness (QED) is 0.628. The fraction of sp³-hybridized carbons (Fsp3) is 0.381. The van der Waals surface area contributed by atoms with Crippen molar-refractivity contribution in [2.45, 2.75) is 43.5 Å². The monoisotopic (exact) mass is 470 g/mol. The zero-order valence-electron chi connectivity index (χ0n) is 16.8. The highest BCUT2D eigenvalue weighted by molar-refractivity contribution is 7.89. The number of hydrogen-bond donors (Lipinski definition) is 1. The number of sulfonamides is 1. The predicted octanol–water partition coefficient (Wildman–Crippen LogP) is 5.21. The maximum Gasteiger partial charge on any atom is 0.255 e. The van der Waals surface area contributed by atoms with E-state index in [0.29, 0.717) is 18.0 Å². The van der Waals surface area contributed by atoms with Crippen molar-refractivity contribution in [3.05, 3.63) is 52.0 Å². The molecule has 0 aromatic heterocycles. The average Bonchev–Trinajstić information content (AvgIpc) is 2.73. The first kappa shape index (κ1) is 22.9. The van der Waals surface area contributed by atoms with Crippen molar-refractivity contribution in [2.75, 3.05) is 19.0 Å². The van der Waals surface area contributed by atoms with Gasteiger partial charge in [-0.3, -0.25) is 4.79 Å². The molecule has 1 saturated heterocycles. The van der Waals surface area contributed by atoms with Crippen molar-refractivity contribution in [3.8, 4) is 5.75 Å². The minimum absolute atomic E-state index is 0.0349. The van der Waals surface area contributed by atoms with E-state index in [2.05, 4.69) is 5.32 Å². The molecule has 162 valence electrons. The lowest BCUT2D eigenvalue weighted by Gasteiger charge is -2.34. The van der Waals surface area contributed by atoms with Crippen LogP contribution in [0.25, 0.3) is 0 Å². The lowest BCUT2D eigenvalue weighted by Crippen LogP contribution is -2.43. The number of anilines is 1. The van der Waals surface area contributed by atoms with E-state index < -0.39 is 15.9 Å². The van der Waals surface area contributed by atoms with Gasteiger partial charge in [0.05, 0.1) is 22.1 Å². The van der Waals surface area contributed by atoms with Crippen LogP contribution in [0.5, 0.6) is 5.75 Å². The molecule has 1 amide bonds. The standard InChI is InChI=1S/C21H24Cl2N2O4S/c1-3-16-6-4-5-11-25(16)30(27,28)17-9-7-15(8-10-17)24-21(26)14-12-18(22)20(29-2)19(23)13-14/h7-10,12-13,16H,3-6,11H2,1-2H3,(H,24,26)/t16-/m1/s1. The SMILES string of the molecule is CC[C@@H]1CCCCN1S(=O)(=O)c1ccc(NC(=O)c2cc(Cl)c(OC)c(Cl)c2)cc1. The predicted molar refractivity (Wildman–Crippen MR) is 119 cm³/mol. The van der Waals surface area contributed by atoms with Crippen molar-refractivity contribution in [1.82, 2.24) is 4.31 Å². The second kappa shape index (κ2) is 9.56.